The lowest BCUT2D eigenvalue weighted by Gasteiger charge is -2.40. The molecular weight excluding hydrogens is 395 g/mol. The number of hydrogen-bond donors (Lipinski definition) is 0. The van der Waals surface area contributed by atoms with Crippen LogP contribution in [0.5, 0.6) is 5.75 Å². The van der Waals surface area contributed by atoms with Gasteiger partial charge in [-0.05, 0) is 38.0 Å². The standard InChI is InChI=1S/C17H25IO4/c1-17(2)21-15(10-16(11-18)22-17)8-9-20-12-13-4-6-14(19-3)7-5-13/h4-7,15-16H,8-12H2,1-3H3/t15-,16-/m0/s1. The fourth-order valence-electron chi connectivity index (χ4n) is 2.62. The van der Waals surface area contributed by atoms with Gasteiger partial charge in [0.2, 0.25) is 0 Å². The van der Waals surface area contributed by atoms with Gasteiger partial charge in [-0.25, -0.2) is 0 Å². The van der Waals surface area contributed by atoms with E-state index >= 15 is 0 Å². The minimum atomic E-state index is -0.491. The summed E-state index contributed by atoms with van der Waals surface area (Å²) >= 11 is 2.37. The average Bonchev–Trinajstić information content (AvgIpc) is 2.50. The zero-order valence-electron chi connectivity index (χ0n) is 13.5. The predicted molar refractivity (Wildman–Crippen MR) is 94.6 cm³/mol. The zero-order valence-corrected chi connectivity index (χ0v) is 15.7. The van der Waals surface area contributed by atoms with Gasteiger partial charge in [0.05, 0.1) is 25.9 Å². The Morgan fingerprint density at radius 2 is 1.86 bits per heavy atom. The first-order valence-corrected chi connectivity index (χ1v) is 9.17. The minimum Gasteiger partial charge on any atom is -0.497 e. The second-order valence-electron chi connectivity index (χ2n) is 5.96. The molecule has 1 aromatic rings. The molecule has 0 aromatic heterocycles. The number of halogens is 1. The molecule has 0 aliphatic carbocycles. The minimum absolute atomic E-state index is 0.208. The van der Waals surface area contributed by atoms with Crippen molar-refractivity contribution in [2.24, 2.45) is 0 Å². The highest BCUT2D eigenvalue weighted by molar-refractivity contribution is 14.1. The Balaban J connectivity index is 1.71. The van der Waals surface area contributed by atoms with E-state index in [-0.39, 0.29) is 12.2 Å². The Hall–Kier alpha value is -0.370. The van der Waals surface area contributed by atoms with Crippen LogP contribution in [0.15, 0.2) is 24.3 Å². The molecule has 0 bridgehead atoms. The molecule has 1 aliphatic heterocycles. The Labute approximate surface area is 146 Å². The number of alkyl halides is 1. The van der Waals surface area contributed by atoms with E-state index in [2.05, 4.69) is 22.6 Å². The van der Waals surface area contributed by atoms with Crippen molar-refractivity contribution in [2.75, 3.05) is 18.1 Å². The van der Waals surface area contributed by atoms with Crippen LogP contribution in [0.4, 0.5) is 0 Å². The molecule has 1 fully saturated rings. The molecule has 5 heteroatoms. The van der Waals surface area contributed by atoms with Gasteiger partial charge in [0.25, 0.3) is 0 Å². The molecular formula is C17H25IO4. The third-order valence-corrected chi connectivity index (χ3v) is 4.59. The number of hydrogen-bond acceptors (Lipinski definition) is 4. The molecule has 0 amide bonds. The van der Waals surface area contributed by atoms with Crippen molar-refractivity contribution in [1.82, 2.24) is 0 Å². The van der Waals surface area contributed by atoms with Gasteiger partial charge in [0, 0.05) is 17.5 Å². The number of rotatable bonds is 7. The van der Waals surface area contributed by atoms with Gasteiger partial charge in [-0.3, -0.25) is 0 Å². The van der Waals surface area contributed by atoms with Crippen LogP contribution < -0.4 is 4.74 Å². The molecule has 0 radical (unpaired) electrons. The van der Waals surface area contributed by atoms with E-state index in [0.29, 0.717) is 13.2 Å². The van der Waals surface area contributed by atoms with Crippen LogP contribution in [-0.2, 0) is 20.8 Å². The smallest absolute Gasteiger partial charge is 0.163 e. The van der Waals surface area contributed by atoms with Crippen molar-refractivity contribution in [3.05, 3.63) is 29.8 Å². The lowest BCUT2D eigenvalue weighted by Crippen LogP contribution is -2.45. The van der Waals surface area contributed by atoms with E-state index in [1.54, 1.807) is 7.11 Å². The molecule has 2 rings (SSSR count). The van der Waals surface area contributed by atoms with Gasteiger partial charge in [-0.1, -0.05) is 34.7 Å². The van der Waals surface area contributed by atoms with Crippen LogP contribution in [0.2, 0.25) is 0 Å². The van der Waals surface area contributed by atoms with Crippen LogP contribution in [-0.4, -0.2) is 36.1 Å². The highest BCUT2D eigenvalue weighted by atomic mass is 127. The summed E-state index contributed by atoms with van der Waals surface area (Å²) in [6.07, 6.45) is 2.32. The van der Waals surface area contributed by atoms with Crippen LogP contribution in [0.1, 0.15) is 32.3 Å². The summed E-state index contributed by atoms with van der Waals surface area (Å²) < 4.78 is 23.7. The summed E-state index contributed by atoms with van der Waals surface area (Å²) in [5.74, 6) is 0.376. The Morgan fingerprint density at radius 3 is 2.50 bits per heavy atom. The summed E-state index contributed by atoms with van der Waals surface area (Å²) in [6, 6.07) is 7.96. The molecule has 1 saturated heterocycles. The topological polar surface area (TPSA) is 36.9 Å². The number of benzene rings is 1. The number of methoxy groups -OCH3 is 1. The van der Waals surface area contributed by atoms with Crippen LogP contribution in [0.3, 0.4) is 0 Å². The predicted octanol–water partition coefficient (Wildman–Crippen LogP) is 3.95. The van der Waals surface area contributed by atoms with Gasteiger partial charge in [0.1, 0.15) is 5.75 Å². The highest BCUT2D eigenvalue weighted by Crippen LogP contribution is 2.29. The van der Waals surface area contributed by atoms with E-state index in [4.69, 9.17) is 18.9 Å². The van der Waals surface area contributed by atoms with Crippen molar-refractivity contribution in [2.45, 2.75) is 51.3 Å². The quantitative estimate of drug-likeness (QED) is 0.381. The summed E-state index contributed by atoms with van der Waals surface area (Å²) in [7, 11) is 1.67. The monoisotopic (exact) mass is 420 g/mol. The van der Waals surface area contributed by atoms with Gasteiger partial charge in [0.15, 0.2) is 5.79 Å². The Bertz CT molecular complexity index is 446. The van der Waals surface area contributed by atoms with Gasteiger partial charge < -0.3 is 18.9 Å². The zero-order chi connectivity index (χ0) is 16.0. The summed E-state index contributed by atoms with van der Waals surface area (Å²) in [4.78, 5) is 0. The van der Waals surface area contributed by atoms with Crippen LogP contribution >= 0.6 is 22.6 Å². The molecule has 2 atom stereocenters. The molecule has 124 valence electrons. The van der Waals surface area contributed by atoms with Crippen molar-refractivity contribution >= 4 is 22.6 Å². The first kappa shape index (κ1) is 18.0. The fraction of sp³-hybridized carbons (Fsp3) is 0.647. The first-order chi connectivity index (χ1) is 10.5. The van der Waals surface area contributed by atoms with Crippen molar-refractivity contribution in [1.29, 1.82) is 0 Å². The van der Waals surface area contributed by atoms with Gasteiger partial charge in [-0.15, -0.1) is 0 Å². The molecule has 4 nitrogen and oxygen atoms in total. The normalized spacial score (nSPS) is 24.2. The third kappa shape index (κ3) is 5.68. The Kier molecular flexibility index (Phi) is 6.92. The second kappa shape index (κ2) is 8.47. The Morgan fingerprint density at radius 1 is 1.18 bits per heavy atom. The molecule has 0 spiro atoms. The summed E-state index contributed by atoms with van der Waals surface area (Å²) in [5, 5.41) is 0. The van der Waals surface area contributed by atoms with E-state index in [1.165, 1.54) is 0 Å². The maximum absolute atomic E-state index is 5.97. The van der Waals surface area contributed by atoms with Gasteiger partial charge >= 0.3 is 0 Å². The molecule has 1 aliphatic rings. The molecule has 1 heterocycles. The van der Waals surface area contributed by atoms with Crippen molar-refractivity contribution in [3.63, 3.8) is 0 Å². The third-order valence-electron chi connectivity index (χ3n) is 3.61. The molecule has 1 aromatic carbocycles. The summed E-state index contributed by atoms with van der Waals surface area (Å²) in [6.45, 7) is 5.28. The van der Waals surface area contributed by atoms with Gasteiger partial charge in [-0.2, -0.15) is 0 Å². The SMILES string of the molecule is COc1ccc(COCC[C@H]2C[C@@H](CI)OC(C)(C)O2)cc1. The lowest BCUT2D eigenvalue weighted by atomic mass is 10.1. The molecule has 0 unspecified atom stereocenters. The highest BCUT2D eigenvalue weighted by Gasteiger charge is 2.34. The molecule has 0 saturated carbocycles. The van der Waals surface area contributed by atoms with Crippen LogP contribution in [0.25, 0.3) is 0 Å². The van der Waals surface area contributed by atoms with Crippen molar-refractivity contribution in [3.8, 4) is 5.75 Å². The maximum Gasteiger partial charge on any atom is 0.163 e. The molecule has 22 heavy (non-hydrogen) atoms. The summed E-state index contributed by atoms with van der Waals surface area (Å²) in [5.41, 5.74) is 1.15. The second-order valence-corrected chi connectivity index (χ2v) is 6.84. The average molecular weight is 420 g/mol. The van der Waals surface area contributed by atoms with Crippen molar-refractivity contribution < 1.29 is 18.9 Å². The molecule has 0 N–H and O–H groups in total. The largest absolute Gasteiger partial charge is 0.497 e. The fourth-order valence-corrected chi connectivity index (χ4v) is 3.16. The van der Waals surface area contributed by atoms with Crippen LogP contribution in [0, 0.1) is 0 Å². The lowest BCUT2D eigenvalue weighted by molar-refractivity contribution is -0.296. The van der Waals surface area contributed by atoms with E-state index in [9.17, 15) is 0 Å². The number of ether oxygens (including phenoxy) is 4. The van der Waals surface area contributed by atoms with E-state index < -0.39 is 5.79 Å². The first-order valence-electron chi connectivity index (χ1n) is 7.64. The van der Waals surface area contributed by atoms with E-state index in [1.807, 2.05) is 38.1 Å². The maximum atomic E-state index is 5.97. The van der Waals surface area contributed by atoms with E-state index in [0.717, 1.165) is 28.6 Å².